The fourth-order valence-corrected chi connectivity index (χ4v) is 6.44. The zero-order valence-corrected chi connectivity index (χ0v) is 21.0. The molecule has 34 heavy (non-hydrogen) atoms. The summed E-state index contributed by atoms with van der Waals surface area (Å²) in [5.41, 5.74) is 1.25. The van der Waals surface area contributed by atoms with Gasteiger partial charge in [-0.3, -0.25) is 9.59 Å². The standard InChI is InChI=1S/C27H40N4O3/c1-19-9-7-8-12-21(19)28-26(33)27(2)18-30-22-13-16-34-24(22)17-23(30)25(32)31(27)15-14-29(3)20-10-5-4-6-11-20/h13,16-17,19-21H,4-12,14-15,18H2,1-3H3,(H,28,33)/t19-,21-,27-/m1/s1. The second-order valence-corrected chi connectivity index (χ2v) is 11.1. The summed E-state index contributed by atoms with van der Waals surface area (Å²) >= 11 is 0. The van der Waals surface area contributed by atoms with Gasteiger partial charge in [-0.05, 0) is 45.6 Å². The van der Waals surface area contributed by atoms with E-state index in [0.29, 0.717) is 36.3 Å². The zero-order chi connectivity index (χ0) is 23.9. The van der Waals surface area contributed by atoms with Gasteiger partial charge in [0.25, 0.3) is 5.91 Å². The number of hydrogen-bond acceptors (Lipinski definition) is 4. The Kier molecular flexibility index (Phi) is 6.49. The van der Waals surface area contributed by atoms with Crippen LogP contribution in [0.25, 0.3) is 11.1 Å². The number of rotatable bonds is 6. The van der Waals surface area contributed by atoms with Crippen molar-refractivity contribution in [2.75, 3.05) is 20.1 Å². The molecule has 0 unspecified atom stereocenters. The van der Waals surface area contributed by atoms with Gasteiger partial charge >= 0.3 is 0 Å². The molecule has 7 nitrogen and oxygen atoms in total. The molecule has 2 aliphatic carbocycles. The first-order chi connectivity index (χ1) is 16.4. The summed E-state index contributed by atoms with van der Waals surface area (Å²) in [6.07, 6.45) is 12.5. The summed E-state index contributed by atoms with van der Waals surface area (Å²) in [5.74, 6) is 0.356. The number of carbonyl (C=O) groups is 2. The van der Waals surface area contributed by atoms with E-state index >= 15 is 0 Å². The Morgan fingerprint density at radius 2 is 1.91 bits per heavy atom. The molecule has 3 atom stereocenters. The predicted octanol–water partition coefficient (Wildman–Crippen LogP) is 4.41. The van der Waals surface area contributed by atoms with Gasteiger partial charge in [-0.15, -0.1) is 0 Å². The van der Waals surface area contributed by atoms with E-state index in [9.17, 15) is 9.59 Å². The van der Waals surface area contributed by atoms with Crippen LogP contribution < -0.4 is 5.32 Å². The van der Waals surface area contributed by atoms with Gasteiger partial charge in [-0.1, -0.05) is 39.0 Å². The van der Waals surface area contributed by atoms with Gasteiger partial charge in [-0.2, -0.15) is 0 Å². The highest BCUT2D eigenvalue weighted by Gasteiger charge is 2.48. The van der Waals surface area contributed by atoms with Gasteiger partial charge in [0.15, 0.2) is 5.58 Å². The van der Waals surface area contributed by atoms with E-state index in [1.165, 1.54) is 38.5 Å². The van der Waals surface area contributed by atoms with Crippen molar-refractivity contribution in [3.8, 4) is 0 Å². The Balaban J connectivity index is 1.41. The molecule has 3 heterocycles. The van der Waals surface area contributed by atoms with Crippen LogP contribution in [0.1, 0.15) is 82.1 Å². The lowest BCUT2D eigenvalue weighted by molar-refractivity contribution is -0.134. The minimum absolute atomic E-state index is 0.0316. The first kappa shape index (κ1) is 23.5. The van der Waals surface area contributed by atoms with E-state index in [2.05, 4.69) is 24.2 Å². The first-order valence-corrected chi connectivity index (χ1v) is 13.3. The molecule has 0 aromatic carbocycles. The van der Waals surface area contributed by atoms with Crippen LogP contribution in [0.5, 0.6) is 0 Å². The van der Waals surface area contributed by atoms with Crippen LogP contribution in [0.4, 0.5) is 0 Å². The molecule has 0 radical (unpaired) electrons. The summed E-state index contributed by atoms with van der Waals surface area (Å²) in [6.45, 7) is 5.94. The lowest BCUT2D eigenvalue weighted by atomic mass is 9.85. The smallest absolute Gasteiger partial charge is 0.271 e. The molecular formula is C27H40N4O3. The number of carbonyl (C=O) groups excluding carboxylic acids is 2. The maximum atomic E-state index is 13.9. The van der Waals surface area contributed by atoms with Crippen LogP contribution in [-0.4, -0.2) is 63.9 Å². The SMILES string of the molecule is C[C@@H]1CCCC[C@H]1NC(=O)[C@@]1(C)Cn2c(cc3occc32)C(=O)N1CCN(C)C1CCCCC1. The molecule has 0 spiro atoms. The highest BCUT2D eigenvalue weighted by atomic mass is 16.3. The van der Waals surface area contributed by atoms with Crippen molar-refractivity contribution in [3.63, 3.8) is 0 Å². The topological polar surface area (TPSA) is 70.7 Å². The monoisotopic (exact) mass is 468 g/mol. The second-order valence-electron chi connectivity index (χ2n) is 11.1. The summed E-state index contributed by atoms with van der Waals surface area (Å²) in [7, 11) is 2.17. The third-order valence-electron chi connectivity index (χ3n) is 8.84. The van der Waals surface area contributed by atoms with Crippen LogP contribution in [0, 0.1) is 5.92 Å². The minimum atomic E-state index is -0.947. The molecule has 3 aliphatic rings. The molecule has 0 bridgehead atoms. The van der Waals surface area contributed by atoms with Crippen LogP contribution in [0.2, 0.25) is 0 Å². The maximum absolute atomic E-state index is 13.9. The fourth-order valence-electron chi connectivity index (χ4n) is 6.44. The minimum Gasteiger partial charge on any atom is -0.463 e. The van der Waals surface area contributed by atoms with Crippen molar-refractivity contribution in [2.24, 2.45) is 5.92 Å². The molecule has 186 valence electrons. The molecule has 7 heteroatoms. The zero-order valence-electron chi connectivity index (χ0n) is 21.0. The Morgan fingerprint density at radius 3 is 2.68 bits per heavy atom. The number of aromatic nitrogens is 1. The van der Waals surface area contributed by atoms with Crippen molar-refractivity contribution < 1.29 is 14.0 Å². The Hall–Kier alpha value is -2.28. The van der Waals surface area contributed by atoms with Gasteiger partial charge in [-0.25, -0.2) is 0 Å². The van der Waals surface area contributed by atoms with Gasteiger partial charge in [0.2, 0.25) is 5.91 Å². The van der Waals surface area contributed by atoms with E-state index in [1.807, 2.05) is 28.5 Å². The molecular weight excluding hydrogens is 428 g/mol. The lowest BCUT2D eigenvalue weighted by Gasteiger charge is -2.46. The molecule has 5 rings (SSSR count). The van der Waals surface area contributed by atoms with Crippen molar-refractivity contribution in [2.45, 2.75) is 95.8 Å². The third-order valence-corrected chi connectivity index (χ3v) is 8.84. The van der Waals surface area contributed by atoms with Crippen molar-refractivity contribution in [1.82, 2.24) is 19.7 Å². The lowest BCUT2D eigenvalue weighted by Crippen LogP contribution is -2.66. The van der Waals surface area contributed by atoms with Crippen molar-refractivity contribution in [1.29, 1.82) is 0 Å². The Bertz CT molecular complexity index is 1040. The van der Waals surface area contributed by atoms with E-state index in [0.717, 1.165) is 31.3 Å². The number of hydrogen-bond donors (Lipinski definition) is 1. The average Bonchev–Trinajstić information content (AvgIpc) is 3.43. The molecule has 0 saturated heterocycles. The van der Waals surface area contributed by atoms with Gasteiger partial charge in [0, 0.05) is 37.3 Å². The van der Waals surface area contributed by atoms with Crippen LogP contribution in [0.15, 0.2) is 22.8 Å². The highest BCUT2D eigenvalue weighted by Crippen LogP contribution is 2.34. The van der Waals surface area contributed by atoms with Crippen LogP contribution >= 0.6 is 0 Å². The van der Waals surface area contributed by atoms with E-state index < -0.39 is 5.54 Å². The highest BCUT2D eigenvalue weighted by molar-refractivity contribution is 6.02. The van der Waals surface area contributed by atoms with Crippen LogP contribution in [-0.2, 0) is 11.3 Å². The van der Waals surface area contributed by atoms with E-state index in [4.69, 9.17) is 4.42 Å². The van der Waals surface area contributed by atoms with Gasteiger partial charge in [0.1, 0.15) is 11.2 Å². The average molecular weight is 469 g/mol. The second kappa shape index (κ2) is 9.40. The number of furan rings is 1. The summed E-state index contributed by atoms with van der Waals surface area (Å²) < 4.78 is 7.57. The molecule has 2 aromatic rings. The molecule has 1 aliphatic heterocycles. The molecule has 2 fully saturated rings. The van der Waals surface area contributed by atoms with E-state index in [1.54, 1.807) is 6.26 Å². The number of likely N-dealkylation sites (N-methyl/N-ethyl adjacent to an activating group) is 1. The summed E-state index contributed by atoms with van der Waals surface area (Å²) in [5, 5.41) is 3.36. The normalized spacial score (nSPS) is 28.5. The number of nitrogens with one attached hydrogen (secondary N) is 1. The summed E-state index contributed by atoms with van der Waals surface area (Å²) in [6, 6.07) is 4.47. The van der Waals surface area contributed by atoms with Gasteiger partial charge < -0.3 is 24.1 Å². The van der Waals surface area contributed by atoms with Crippen LogP contribution in [0.3, 0.4) is 0 Å². The summed E-state index contributed by atoms with van der Waals surface area (Å²) in [4.78, 5) is 31.9. The molecule has 2 amide bonds. The fraction of sp³-hybridized carbons (Fsp3) is 0.704. The largest absolute Gasteiger partial charge is 0.463 e. The molecule has 2 aromatic heterocycles. The molecule has 2 saturated carbocycles. The number of fused-ring (bicyclic) bond motifs is 3. The molecule has 1 N–H and O–H groups in total. The Labute approximate surface area is 202 Å². The first-order valence-electron chi connectivity index (χ1n) is 13.3. The Morgan fingerprint density at radius 1 is 1.18 bits per heavy atom. The predicted molar refractivity (Wildman–Crippen MR) is 133 cm³/mol. The third kappa shape index (κ3) is 4.16. The van der Waals surface area contributed by atoms with E-state index in [-0.39, 0.29) is 17.9 Å². The number of amides is 2. The van der Waals surface area contributed by atoms with Gasteiger partial charge in [0.05, 0.1) is 18.3 Å². The number of nitrogens with zero attached hydrogens (tertiary/aromatic N) is 3. The quantitative estimate of drug-likeness (QED) is 0.682. The van der Waals surface area contributed by atoms with Crippen molar-refractivity contribution in [3.05, 3.63) is 24.1 Å². The maximum Gasteiger partial charge on any atom is 0.271 e. The van der Waals surface area contributed by atoms with Crippen molar-refractivity contribution >= 4 is 22.9 Å².